The number of ether oxygens (including phenoxy) is 2. The molecule has 1 N–H and O–H groups in total. The first kappa shape index (κ1) is 19.4. The highest BCUT2D eigenvalue weighted by molar-refractivity contribution is 6.06. The van der Waals surface area contributed by atoms with Crippen LogP contribution < -0.4 is 10.1 Å². The maximum atomic E-state index is 12.6. The molecule has 0 bridgehead atoms. The third-order valence-corrected chi connectivity index (χ3v) is 4.56. The minimum absolute atomic E-state index is 0.341. The van der Waals surface area contributed by atoms with Gasteiger partial charge < -0.3 is 14.8 Å². The van der Waals surface area contributed by atoms with Crippen LogP contribution in [0.15, 0.2) is 60.7 Å². The van der Waals surface area contributed by atoms with Gasteiger partial charge in [0, 0.05) is 11.9 Å². The third kappa shape index (κ3) is 4.31. The zero-order chi connectivity index (χ0) is 20.1. The molecule has 0 spiro atoms. The molecule has 28 heavy (non-hydrogen) atoms. The molecule has 0 aromatic heterocycles. The van der Waals surface area contributed by atoms with Gasteiger partial charge in [-0.15, -0.1) is 0 Å². The molecule has 0 fully saturated rings. The smallest absolute Gasteiger partial charge is 0.339 e. The van der Waals surface area contributed by atoms with Crippen molar-refractivity contribution in [2.24, 2.45) is 0 Å². The number of benzene rings is 3. The second kappa shape index (κ2) is 8.57. The van der Waals surface area contributed by atoms with Crippen LogP contribution in [0.4, 0.5) is 0 Å². The van der Waals surface area contributed by atoms with Crippen LogP contribution in [0.2, 0.25) is 0 Å². The SMILES string of the molecule is COc1ccc(C(=O)O[C@H](C)C(=O)NCc2ccc(C)cc2)c2ccccc12. The molecule has 0 aliphatic heterocycles. The van der Waals surface area contributed by atoms with E-state index < -0.39 is 12.1 Å². The summed E-state index contributed by atoms with van der Waals surface area (Å²) in [4.78, 5) is 24.9. The molecule has 0 heterocycles. The highest BCUT2D eigenvalue weighted by Gasteiger charge is 2.21. The summed E-state index contributed by atoms with van der Waals surface area (Å²) >= 11 is 0. The predicted molar refractivity (Wildman–Crippen MR) is 108 cm³/mol. The van der Waals surface area contributed by atoms with Gasteiger partial charge in [0.1, 0.15) is 5.75 Å². The summed E-state index contributed by atoms with van der Waals surface area (Å²) in [6.07, 6.45) is -0.904. The molecule has 0 radical (unpaired) electrons. The van der Waals surface area contributed by atoms with E-state index in [0.717, 1.165) is 21.9 Å². The standard InChI is InChI=1S/C23H23NO4/c1-15-8-10-17(11-9-15)14-24-22(25)16(2)28-23(26)20-12-13-21(27-3)19-7-5-4-6-18(19)20/h4-13,16H,14H2,1-3H3,(H,24,25)/t16-/m1/s1. The van der Waals surface area contributed by atoms with Crippen molar-refractivity contribution in [3.05, 3.63) is 77.4 Å². The van der Waals surface area contributed by atoms with E-state index in [4.69, 9.17) is 9.47 Å². The lowest BCUT2D eigenvalue weighted by molar-refractivity contribution is -0.129. The van der Waals surface area contributed by atoms with Gasteiger partial charge in [0.25, 0.3) is 5.91 Å². The maximum absolute atomic E-state index is 12.6. The fraction of sp³-hybridized carbons (Fsp3) is 0.217. The highest BCUT2D eigenvalue weighted by Crippen LogP contribution is 2.28. The van der Waals surface area contributed by atoms with Crippen molar-refractivity contribution in [2.45, 2.75) is 26.5 Å². The predicted octanol–water partition coefficient (Wildman–Crippen LogP) is 4.02. The Balaban J connectivity index is 1.68. The van der Waals surface area contributed by atoms with E-state index >= 15 is 0 Å². The quantitative estimate of drug-likeness (QED) is 0.659. The average molecular weight is 377 g/mol. The first-order valence-corrected chi connectivity index (χ1v) is 9.09. The summed E-state index contributed by atoms with van der Waals surface area (Å²) in [6, 6.07) is 18.7. The van der Waals surface area contributed by atoms with Crippen LogP contribution in [0.3, 0.4) is 0 Å². The Labute approximate surface area is 164 Å². The Morgan fingerprint density at radius 1 is 0.964 bits per heavy atom. The molecule has 0 unspecified atom stereocenters. The number of nitrogens with one attached hydrogen (secondary N) is 1. The molecule has 1 amide bonds. The van der Waals surface area contributed by atoms with Crippen LogP contribution >= 0.6 is 0 Å². The Kier molecular flexibility index (Phi) is 5.94. The molecular formula is C23H23NO4. The van der Waals surface area contributed by atoms with E-state index in [2.05, 4.69) is 5.32 Å². The molecule has 1 atom stereocenters. The second-order valence-corrected chi connectivity index (χ2v) is 6.61. The maximum Gasteiger partial charge on any atom is 0.339 e. The Hall–Kier alpha value is -3.34. The molecule has 0 saturated carbocycles. The number of methoxy groups -OCH3 is 1. The summed E-state index contributed by atoms with van der Waals surface area (Å²) in [7, 11) is 1.58. The summed E-state index contributed by atoms with van der Waals surface area (Å²) < 4.78 is 10.7. The largest absolute Gasteiger partial charge is 0.496 e. The van der Waals surface area contributed by atoms with Gasteiger partial charge >= 0.3 is 5.97 Å². The van der Waals surface area contributed by atoms with E-state index in [1.165, 1.54) is 0 Å². The highest BCUT2D eigenvalue weighted by atomic mass is 16.5. The van der Waals surface area contributed by atoms with Gasteiger partial charge in [-0.05, 0) is 36.9 Å². The van der Waals surface area contributed by atoms with E-state index in [1.54, 1.807) is 26.2 Å². The van der Waals surface area contributed by atoms with Crippen LogP contribution in [0.1, 0.15) is 28.4 Å². The molecule has 0 aliphatic carbocycles. The molecule has 144 valence electrons. The monoisotopic (exact) mass is 377 g/mol. The lowest BCUT2D eigenvalue weighted by Crippen LogP contribution is -2.35. The molecule has 3 aromatic carbocycles. The zero-order valence-electron chi connectivity index (χ0n) is 16.2. The van der Waals surface area contributed by atoms with Gasteiger partial charge in [-0.1, -0.05) is 54.1 Å². The number of hydrogen-bond donors (Lipinski definition) is 1. The number of hydrogen-bond acceptors (Lipinski definition) is 4. The number of aryl methyl sites for hydroxylation is 1. The number of carbonyl (C=O) groups is 2. The first-order chi connectivity index (χ1) is 13.5. The van der Waals surface area contributed by atoms with Crippen molar-refractivity contribution in [1.82, 2.24) is 5.32 Å². The molecule has 0 saturated heterocycles. The van der Waals surface area contributed by atoms with Crippen molar-refractivity contribution in [3.8, 4) is 5.75 Å². The van der Waals surface area contributed by atoms with Gasteiger partial charge in [-0.3, -0.25) is 4.79 Å². The minimum atomic E-state index is -0.904. The fourth-order valence-electron chi connectivity index (χ4n) is 2.94. The summed E-state index contributed by atoms with van der Waals surface area (Å²) in [5, 5.41) is 4.33. The van der Waals surface area contributed by atoms with Crippen LogP contribution in [0, 0.1) is 6.92 Å². The lowest BCUT2D eigenvalue weighted by atomic mass is 10.0. The summed E-state index contributed by atoms with van der Waals surface area (Å²) in [5.41, 5.74) is 2.54. The second-order valence-electron chi connectivity index (χ2n) is 6.61. The van der Waals surface area contributed by atoms with Crippen LogP contribution in [-0.2, 0) is 16.1 Å². The van der Waals surface area contributed by atoms with Crippen molar-refractivity contribution in [1.29, 1.82) is 0 Å². The molecule has 3 aromatic rings. The van der Waals surface area contributed by atoms with Crippen LogP contribution in [-0.4, -0.2) is 25.1 Å². The van der Waals surface area contributed by atoms with Gasteiger partial charge in [-0.25, -0.2) is 4.79 Å². The lowest BCUT2D eigenvalue weighted by Gasteiger charge is -2.15. The number of esters is 1. The first-order valence-electron chi connectivity index (χ1n) is 9.09. The molecule has 5 heteroatoms. The average Bonchev–Trinajstić information content (AvgIpc) is 2.72. The van der Waals surface area contributed by atoms with Crippen molar-refractivity contribution in [3.63, 3.8) is 0 Å². The Bertz CT molecular complexity index is 995. The topological polar surface area (TPSA) is 64.6 Å². The number of carbonyl (C=O) groups excluding carboxylic acids is 2. The molecule has 5 nitrogen and oxygen atoms in total. The normalized spacial score (nSPS) is 11.7. The van der Waals surface area contributed by atoms with Crippen LogP contribution in [0.25, 0.3) is 10.8 Å². The Morgan fingerprint density at radius 3 is 2.32 bits per heavy atom. The molecular weight excluding hydrogens is 354 g/mol. The summed E-state index contributed by atoms with van der Waals surface area (Å²) in [5.74, 6) is -0.209. The number of fused-ring (bicyclic) bond motifs is 1. The van der Waals surface area contributed by atoms with E-state index in [-0.39, 0.29) is 5.91 Å². The Morgan fingerprint density at radius 2 is 1.64 bits per heavy atom. The molecule has 0 aliphatic rings. The fourth-order valence-corrected chi connectivity index (χ4v) is 2.94. The zero-order valence-corrected chi connectivity index (χ0v) is 16.2. The molecule has 3 rings (SSSR count). The number of rotatable bonds is 6. The van der Waals surface area contributed by atoms with E-state index in [9.17, 15) is 9.59 Å². The van der Waals surface area contributed by atoms with Gasteiger partial charge in [0.05, 0.1) is 12.7 Å². The van der Waals surface area contributed by atoms with Crippen molar-refractivity contribution < 1.29 is 19.1 Å². The number of amides is 1. The van der Waals surface area contributed by atoms with Crippen LogP contribution in [0.5, 0.6) is 5.75 Å². The van der Waals surface area contributed by atoms with Gasteiger partial charge in [0.2, 0.25) is 0 Å². The van der Waals surface area contributed by atoms with Gasteiger partial charge in [-0.2, -0.15) is 0 Å². The minimum Gasteiger partial charge on any atom is -0.496 e. The van der Waals surface area contributed by atoms with Crippen molar-refractivity contribution >= 4 is 22.6 Å². The summed E-state index contributed by atoms with van der Waals surface area (Å²) in [6.45, 7) is 3.95. The van der Waals surface area contributed by atoms with Crippen molar-refractivity contribution in [2.75, 3.05) is 7.11 Å². The van der Waals surface area contributed by atoms with E-state index in [0.29, 0.717) is 17.9 Å². The van der Waals surface area contributed by atoms with Gasteiger partial charge in [0.15, 0.2) is 6.10 Å². The third-order valence-electron chi connectivity index (χ3n) is 4.56. The van der Waals surface area contributed by atoms with E-state index in [1.807, 2.05) is 55.5 Å².